The quantitative estimate of drug-likeness (QED) is 0.620. The van der Waals surface area contributed by atoms with Gasteiger partial charge in [0.15, 0.2) is 0 Å². The molecule has 7 heteroatoms. The van der Waals surface area contributed by atoms with Gasteiger partial charge in [-0.05, 0) is 93.6 Å². The lowest BCUT2D eigenvalue weighted by molar-refractivity contribution is 0.0679. The standard InChI is InChI=1S/C28H34FN3O3/c29-26-17-21(5-8-27(26)31-13-10-22(18-31)30-11-1-2-12-30)32-14-9-20-16-23(6-7-25(20)28(32)33)35-19-24-4-3-15-34-24/h5-8,16-17,22,24H,1-4,9-15,18-19H2/t22-,24+/m1/s1. The Labute approximate surface area is 206 Å². The number of anilines is 2. The van der Waals surface area contributed by atoms with Gasteiger partial charge in [0, 0.05) is 43.5 Å². The Morgan fingerprint density at radius 1 is 1.00 bits per heavy atom. The molecule has 2 aromatic rings. The molecule has 0 aliphatic carbocycles. The number of rotatable bonds is 6. The topological polar surface area (TPSA) is 45.3 Å². The second-order valence-electron chi connectivity index (χ2n) is 10.2. The molecular formula is C28H34FN3O3. The number of amides is 1. The predicted octanol–water partition coefficient (Wildman–Crippen LogP) is 4.26. The molecule has 4 aliphatic heterocycles. The van der Waals surface area contributed by atoms with E-state index in [9.17, 15) is 4.79 Å². The highest BCUT2D eigenvalue weighted by Gasteiger charge is 2.31. The van der Waals surface area contributed by atoms with Crippen molar-refractivity contribution in [3.05, 3.63) is 53.3 Å². The molecule has 0 saturated carbocycles. The number of carbonyl (C=O) groups is 1. The maximum atomic E-state index is 15.2. The fourth-order valence-corrected chi connectivity index (χ4v) is 6.05. The van der Waals surface area contributed by atoms with Gasteiger partial charge in [-0.15, -0.1) is 0 Å². The van der Waals surface area contributed by atoms with Crippen LogP contribution in [-0.2, 0) is 11.2 Å². The number of hydrogen-bond acceptors (Lipinski definition) is 5. The number of carbonyl (C=O) groups excluding carboxylic acids is 1. The van der Waals surface area contributed by atoms with E-state index in [1.807, 2.05) is 30.3 Å². The summed E-state index contributed by atoms with van der Waals surface area (Å²) >= 11 is 0. The normalized spacial score (nSPS) is 24.9. The number of fused-ring (bicyclic) bond motifs is 1. The SMILES string of the molecule is O=C1c2ccc(OC[C@@H]3CCCO3)cc2CCN1c1ccc(N2CC[C@@H](N3CCCC3)C2)c(F)c1. The highest BCUT2D eigenvalue weighted by atomic mass is 19.1. The van der Waals surface area contributed by atoms with Crippen LogP contribution >= 0.6 is 0 Å². The van der Waals surface area contributed by atoms with Crippen LogP contribution in [0.2, 0.25) is 0 Å². The molecule has 1 amide bonds. The molecule has 4 heterocycles. The third-order valence-corrected chi connectivity index (χ3v) is 8.02. The van der Waals surface area contributed by atoms with E-state index in [-0.39, 0.29) is 17.8 Å². The minimum Gasteiger partial charge on any atom is -0.491 e. The van der Waals surface area contributed by atoms with Gasteiger partial charge in [-0.3, -0.25) is 9.69 Å². The van der Waals surface area contributed by atoms with Crippen LogP contribution < -0.4 is 14.5 Å². The molecule has 0 aromatic heterocycles. The van der Waals surface area contributed by atoms with Gasteiger partial charge < -0.3 is 19.3 Å². The smallest absolute Gasteiger partial charge is 0.258 e. The third-order valence-electron chi connectivity index (χ3n) is 8.02. The van der Waals surface area contributed by atoms with Crippen molar-refractivity contribution in [1.82, 2.24) is 4.90 Å². The lowest BCUT2D eigenvalue weighted by atomic mass is 9.98. The number of likely N-dealkylation sites (tertiary alicyclic amines) is 1. The maximum absolute atomic E-state index is 15.2. The summed E-state index contributed by atoms with van der Waals surface area (Å²) in [5.74, 6) is 0.439. The van der Waals surface area contributed by atoms with Gasteiger partial charge in [-0.25, -0.2) is 4.39 Å². The van der Waals surface area contributed by atoms with Crippen LogP contribution in [0, 0.1) is 5.82 Å². The molecule has 0 radical (unpaired) electrons. The van der Waals surface area contributed by atoms with E-state index in [2.05, 4.69) is 9.80 Å². The number of hydrogen-bond donors (Lipinski definition) is 0. The van der Waals surface area contributed by atoms with Crippen molar-refractivity contribution in [3.8, 4) is 5.75 Å². The highest BCUT2D eigenvalue weighted by molar-refractivity contribution is 6.08. The van der Waals surface area contributed by atoms with Crippen molar-refractivity contribution in [1.29, 1.82) is 0 Å². The van der Waals surface area contributed by atoms with Gasteiger partial charge in [0.2, 0.25) is 0 Å². The summed E-state index contributed by atoms with van der Waals surface area (Å²) in [5.41, 5.74) is 2.92. The molecule has 35 heavy (non-hydrogen) atoms. The summed E-state index contributed by atoms with van der Waals surface area (Å²) in [6.45, 7) is 5.97. The average molecular weight is 480 g/mol. The van der Waals surface area contributed by atoms with Crippen molar-refractivity contribution in [3.63, 3.8) is 0 Å². The first kappa shape index (κ1) is 22.8. The maximum Gasteiger partial charge on any atom is 0.258 e. The average Bonchev–Trinajstić information content (AvgIpc) is 3.66. The molecule has 0 unspecified atom stereocenters. The Hall–Kier alpha value is -2.64. The molecule has 6 nitrogen and oxygen atoms in total. The Balaban J connectivity index is 1.12. The number of ether oxygens (including phenoxy) is 2. The van der Waals surface area contributed by atoms with Crippen molar-refractivity contribution in [2.24, 2.45) is 0 Å². The van der Waals surface area contributed by atoms with E-state index >= 15 is 4.39 Å². The Morgan fingerprint density at radius 2 is 1.89 bits per heavy atom. The van der Waals surface area contributed by atoms with E-state index in [0.29, 0.717) is 42.6 Å². The molecule has 2 aromatic carbocycles. The molecule has 6 rings (SSSR count). The van der Waals surface area contributed by atoms with E-state index < -0.39 is 0 Å². The van der Waals surface area contributed by atoms with Crippen molar-refractivity contribution < 1.29 is 18.7 Å². The Bertz CT molecular complexity index is 1080. The first-order chi connectivity index (χ1) is 17.2. The van der Waals surface area contributed by atoms with Crippen LogP contribution in [0.4, 0.5) is 15.8 Å². The van der Waals surface area contributed by atoms with Gasteiger partial charge in [0.05, 0.1) is 11.8 Å². The molecule has 2 atom stereocenters. The van der Waals surface area contributed by atoms with Crippen LogP contribution in [0.5, 0.6) is 5.75 Å². The summed E-state index contributed by atoms with van der Waals surface area (Å²) in [6, 6.07) is 11.4. The number of halogens is 1. The number of benzene rings is 2. The second-order valence-corrected chi connectivity index (χ2v) is 10.2. The summed E-state index contributed by atoms with van der Waals surface area (Å²) < 4.78 is 26.8. The molecule has 3 saturated heterocycles. The van der Waals surface area contributed by atoms with Crippen molar-refractivity contribution >= 4 is 17.3 Å². The largest absolute Gasteiger partial charge is 0.491 e. The predicted molar refractivity (Wildman–Crippen MR) is 134 cm³/mol. The molecule has 0 bridgehead atoms. The lowest BCUT2D eigenvalue weighted by Gasteiger charge is -2.30. The zero-order chi connectivity index (χ0) is 23.8. The van der Waals surface area contributed by atoms with Crippen LogP contribution in [0.3, 0.4) is 0 Å². The summed E-state index contributed by atoms with van der Waals surface area (Å²) in [6.07, 6.45) is 6.62. The van der Waals surface area contributed by atoms with Gasteiger partial charge in [0.1, 0.15) is 18.2 Å². The Kier molecular flexibility index (Phi) is 6.37. The van der Waals surface area contributed by atoms with Crippen LogP contribution in [-0.4, -0.2) is 68.9 Å². The van der Waals surface area contributed by atoms with Crippen LogP contribution in [0.1, 0.15) is 48.0 Å². The van der Waals surface area contributed by atoms with Gasteiger partial charge in [-0.1, -0.05) is 0 Å². The number of nitrogens with zero attached hydrogens (tertiary/aromatic N) is 3. The molecule has 186 valence electrons. The third kappa shape index (κ3) is 4.64. The first-order valence-corrected chi connectivity index (χ1v) is 13.1. The minimum absolute atomic E-state index is 0.0839. The van der Waals surface area contributed by atoms with Gasteiger partial charge in [-0.2, -0.15) is 0 Å². The molecule has 3 fully saturated rings. The zero-order valence-electron chi connectivity index (χ0n) is 20.3. The van der Waals surface area contributed by atoms with Crippen LogP contribution in [0.15, 0.2) is 36.4 Å². The summed E-state index contributed by atoms with van der Waals surface area (Å²) in [5, 5.41) is 0. The fraction of sp³-hybridized carbons (Fsp3) is 0.536. The molecule has 0 spiro atoms. The lowest BCUT2D eigenvalue weighted by Crippen LogP contribution is -2.38. The summed E-state index contributed by atoms with van der Waals surface area (Å²) in [4.78, 5) is 19.7. The first-order valence-electron chi connectivity index (χ1n) is 13.1. The second kappa shape index (κ2) is 9.78. The molecule has 0 N–H and O–H groups in total. The van der Waals surface area contributed by atoms with E-state index in [0.717, 1.165) is 50.3 Å². The minimum atomic E-state index is -0.249. The van der Waals surface area contributed by atoms with Crippen LogP contribution in [0.25, 0.3) is 0 Å². The monoisotopic (exact) mass is 479 g/mol. The molecular weight excluding hydrogens is 445 g/mol. The van der Waals surface area contributed by atoms with E-state index in [1.165, 1.54) is 32.0 Å². The van der Waals surface area contributed by atoms with E-state index in [4.69, 9.17) is 9.47 Å². The molecule has 4 aliphatic rings. The zero-order valence-corrected chi connectivity index (χ0v) is 20.3. The van der Waals surface area contributed by atoms with Crippen molar-refractivity contribution in [2.75, 3.05) is 55.7 Å². The highest BCUT2D eigenvalue weighted by Crippen LogP contribution is 2.32. The fourth-order valence-electron chi connectivity index (χ4n) is 6.05. The van der Waals surface area contributed by atoms with Gasteiger partial charge >= 0.3 is 0 Å². The van der Waals surface area contributed by atoms with Gasteiger partial charge in [0.25, 0.3) is 5.91 Å². The van der Waals surface area contributed by atoms with E-state index in [1.54, 1.807) is 4.90 Å². The Morgan fingerprint density at radius 3 is 2.69 bits per heavy atom. The summed E-state index contributed by atoms with van der Waals surface area (Å²) in [7, 11) is 0. The van der Waals surface area contributed by atoms with Crippen molar-refractivity contribution in [2.45, 2.75) is 50.7 Å².